The first-order valence-electron chi connectivity index (χ1n) is 5.27. The highest BCUT2D eigenvalue weighted by Gasteiger charge is 2.16. The molecule has 0 atom stereocenters. The molecule has 0 spiro atoms. The van der Waals surface area contributed by atoms with Crippen LogP contribution in [0.3, 0.4) is 0 Å². The zero-order valence-electron chi connectivity index (χ0n) is 10.3. The monoisotopic (exact) mass is 321 g/mol. The number of halogens is 3. The van der Waals surface area contributed by atoms with Gasteiger partial charge in [-0.2, -0.15) is 0 Å². The number of ether oxygens (including phenoxy) is 1. The lowest BCUT2D eigenvalue weighted by Gasteiger charge is -2.19. The van der Waals surface area contributed by atoms with Gasteiger partial charge in [-0.15, -0.1) is 0 Å². The van der Waals surface area contributed by atoms with Crippen LogP contribution >= 0.6 is 15.9 Å². The molecule has 0 aliphatic carbocycles. The molecule has 1 rings (SSSR count). The molecule has 0 bridgehead atoms. The van der Waals surface area contributed by atoms with Gasteiger partial charge in [0.1, 0.15) is 12.3 Å². The molecule has 0 heterocycles. The van der Waals surface area contributed by atoms with E-state index in [1.165, 1.54) is 0 Å². The predicted molar refractivity (Wildman–Crippen MR) is 68.4 cm³/mol. The van der Waals surface area contributed by atoms with E-state index in [1.54, 1.807) is 20.8 Å². The number of benzene rings is 1. The number of rotatable bonds is 3. The maximum atomic E-state index is 13.4. The Kier molecular flexibility index (Phi) is 4.81. The van der Waals surface area contributed by atoms with Gasteiger partial charge in [0.2, 0.25) is 0 Å². The van der Waals surface area contributed by atoms with E-state index in [2.05, 4.69) is 21.2 Å². The number of nitrogens with one attached hydrogen (secondary N) is 1. The molecule has 0 unspecified atom stereocenters. The van der Waals surface area contributed by atoms with Gasteiger partial charge < -0.3 is 10.1 Å². The zero-order valence-corrected chi connectivity index (χ0v) is 11.9. The molecule has 0 saturated carbocycles. The number of anilines is 1. The van der Waals surface area contributed by atoms with Crippen molar-refractivity contribution < 1.29 is 18.3 Å². The maximum Gasteiger partial charge on any atom is 0.250 e. The van der Waals surface area contributed by atoms with Crippen molar-refractivity contribution in [2.45, 2.75) is 26.4 Å². The summed E-state index contributed by atoms with van der Waals surface area (Å²) in [5.74, 6) is -2.29. The Balaban J connectivity index is 2.71. The summed E-state index contributed by atoms with van der Waals surface area (Å²) in [7, 11) is 0. The minimum absolute atomic E-state index is 0.265. The topological polar surface area (TPSA) is 38.3 Å². The van der Waals surface area contributed by atoms with Gasteiger partial charge in [0, 0.05) is 4.47 Å². The summed E-state index contributed by atoms with van der Waals surface area (Å²) in [6.45, 7) is 5.07. The fourth-order valence-corrected chi connectivity index (χ4v) is 1.52. The molecule has 6 heteroatoms. The van der Waals surface area contributed by atoms with Crippen molar-refractivity contribution >= 4 is 27.5 Å². The molecule has 0 saturated heterocycles. The molecule has 1 N–H and O–H groups in total. The van der Waals surface area contributed by atoms with Crippen molar-refractivity contribution in [3.63, 3.8) is 0 Å². The van der Waals surface area contributed by atoms with E-state index in [4.69, 9.17) is 4.74 Å². The van der Waals surface area contributed by atoms with Crippen LogP contribution in [0.25, 0.3) is 0 Å². The van der Waals surface area contributed by atoms with Crippen molar-refractivity contribution in [2.75, 3.05) is 11.9 Å². The molecule has 1 amide bonds. The lowest BCUT2D eigenvalue weighted by molar-refractivity contribution is -0.125. The summed E-state index contributed by atoms with van der Waals surface area (Å²) < 4.78 is 32.3. The number of amides is 1. The largest absolute Gasteiger partial charge is 0.366 e. The second-order valence-electron chi connectivity index (χ2n) is 4.69. The van der Waals surface area contributed by atoms with Crippen LogP contribution in [0.15, 0.2) is 16.6 Å². The Morgan fingerprint density at radius 3 is 2.28 bits per heavy atom. The second-order valence-corrected chi connectivity index (χ2v) is 5.61. The highest BCUT2D eigenvalue weighted by Crippen LogP contribution is 2.23. The average molecular weight is 322 g/mol. The Morgan fingerprint density at radius 2 is 1.83 bits per heavy atom. The Labute approximate surface area is 113 Å². The van der Waals surface area contributed by atoms with Crippen molar-refractivity contribution in [2.24, 2.45) is 0 Å². The summed E-state index contributed by atoms with van der Waals surface area (Å²) in [4.78, 5) is 11.5. The van der Waals surface area contributed by atoms with E-state index in [-0.39, 0.29) is 11.1 Å². The van der Waals surface area contributed by atoms with Crippen LogP contribution in [0.2, 0.25) is 0 Å². The lowest BCUT2D eigenvalue weighted by Crippen LogP contribution is -2.27. The van der Waals surface area contributed by atoms with Gasteiger partial charge in [0.05, 0.1) is 5.60 Å². The highest BCUT2D eigenvalue weighted by atomic mass is 79.9. The molecule has 0 aliphatic rings. The zero-order chi connectivity index (χ0) is 13.9. The first kappa shape index (κ1) is 15.0. The minimum atomic E-state index is -0.842. The van der Waals surface area contributed by atoms with E-state index in [9.17, 15) is 13.6 Å². The van der Waals surface area contributed by atoms with Crippen LogP contribution in [-0.2, 0) is 9.53 Å². The third-order valence-corrected chi connectivity index (χ3v) is 2.37. The molecule has 100 valence electrons. The van der Waals surface area contributed by atoms with E-state index >= 15 is 0 Å². The Morgan fingerprint density at radius 1 is 1.33 bits per heavy atom. The van der Waals surface area contributed by atoms with Crippen LogP contribution in [-0.4, -0.2) is 18.1 Å². The van der Waals surface area contributed by atoms with Crippen molar-refractivity contribution in [1.82, 2.24) is 0 Å². The third-order valence-electron chi connectivity index (χ3n) is 1.91. The first-order chi connectivity index (χ1) is 8.19. The van der Waals surface area contributed by atoms with E-state index in [0.717, 1.165) is 12.1 Å². The molecular formula is C12H14BrF2NO2. The SMILES string of the molecule is CC(C)(C)OCC(=O)Nc1c(F)cc(Br)cc1F. The van der Waals surface area contributed by atoms with Gasteiger partial charge >= 0.3 is 0 Å². The molecule has 18 heavy (non-hydrogen) atoms. The van der Waals surface area contributed by atoms with E-state index in [0.29, 0.717) is 0 Å². The summed E-state index contributed by atoms with van der Waals surface area (Å²) in [5, 5.41) is 2.14. The Hall–Kier alpha value is -1.01. The van der Waals surface area contributed by atoms with Crippen LogP contribution in [0.4, 0.5) is 14.5 Å². The first-order valence-corrected chi connectivity index (χ1v) is 6.07. The van der Waals surface area contributed by atoms with Gasteiger partial charge in [0.15, 0.2) is 11.6 Å². The Bertz CT molecular complexity index is 435. The smallest absolute Gasteiger partial charge is 0.250 e. The lowest BCUT2D eigenvalue weighted by atomic mass is 10.2. The number of carbonyl (C=O) groups excluding carboxylic acids is 1. The van der Waals surface area contributed by atoms with Crippen molar-refractivity contribution in [3.05, 3.63) is 28.2 Å². The van der Waals surface area contributed by atoms with Crippen molar-refractivity contribution in [3.8, 4) is 0 Å². The van der Waals surface area contributed by atoms with Gasteiger partial charge in [-0.3, -0.25) is 4.79 Å². The molecule has 1 aromatic carbocycles. The molecule has 0 aromatic heterocycles. The number of carbonyl (C=O) groups is 1. The quantitative estimate of drug-likeness (QED) is 0.925. The molecule has 0 aliphatic heterocycles. The molecule has 3 nitrogen and oxygen atoms in total. The maximum absolute atomic E-state index is 13.4. The third kappa shape index (κ3) is 4.70. The summed E-state index contributed by atoms with van der Waals surface area (Å²) in [6, 6.07) is 2.15. The van der Waals surface area contributed by atoms with Gasteiger partial charge in [-0.1, -0.05) is 15.9 Å². The van der Waals surface area contributed by atoms with Gasteiger partial charge in [0.25, 0.3) is 5.91 Å². The molecular weight excluding hydrogens is 308 g/mol. The number of hydrogen-bond donors (Lipinski definition) is 1. The number of hydrogen-bond acceptors (Lipinski definition) is 2. The second kappa shape index (κ2) is 5.75. The average Bonchev–Trinajstić information content (AvgIpc) is 2.19. The standard InChI is InChI=1S/C12H14BrF2NO2/c1-12(2,3)18-6-10(17)16-11-8(14)4-7(13)5-9(11)15/h4-5H,6H2,1-3H3,(H,16,17). The van der Waals surface area contributed by atoms with Crippen molar-refractivity contribution in [1.29, 1.82) is 0 Å². The molecule has 0 radical (unpaired) electrons. The van der Waals surface area contributed by atoms with Gasteiger partial charge in [-0.25, -0.2) is 8.78 Å². The summed E-state index contributed by atoms with van der Waals surface area (Å²) in [5.41, 5.74) is -0.963. The molecule has 1 aromatic rings. The van der Waals surface area contributed by atoms with Crippen LogP contribution < -0.4 is 5.32 Å². The van der Waals surface area contributed by atoms with Crippen LogP contribution in [0, 0.1) is 11.6 Å². The van der Waals surface area contributed by atoms with Crippen LogP contribution in [0.5, 0.6) is 0 Å². The summed E-state index contributed by atoms with van der Waals surface area (Å²) in [6.07, 6.45) is 0. The minimum Gasteiger partial charge on any atom is -0.366 e. The summed E-state index contributed by atoms with van der Waals surface area (Å²) >= 11 is 2.95. The highest BCUT2D eigenvalue weighted by molar-refractivity contribution is 9.10. The normalized spacial score (nSPS) is 11.4. The molecule has 0 fully saturated rings. The predicted octanol–water partition coefficient (Wildman–Crippen LogP) is 3.48. The van der Waals surface area contributed by atoms with Gasteiger partial charge in [-0.05, 0) is 32.9 Å². The fraction of sp³-hybridized carbons (Fsp3) is 0.417. The fourth-order valence-electron chi connectivity index (χ4n) is 1.12. The van der Waals surface area contributed by atoms with Crippen LogP contribution in [0.1, 0.15) is 20.8 Å². The van der Waals surface area contributed by atoms with E-state index < -0.39 is 28.8 Å². The van der Waals surface area contributed by atoms with E-state index in [1.807, 2.05) is 0 Å².